The van der Waals surface area contributed by atoms with Gasteiger partial charge in [-0.2, -0.15) is 9.78 Å². The Morgan fingerprint density at radius 1 is 1.19 bits per heavy atom. The summed E-state index contributed by atoms with van der Waals surface area (Å²) in [6, 6.07) is 17.3. The van der Waals surface area contributed by atoms with E-state index in [1.807, 2.05) is 55.5 Å². The lowest BCUT2D eigenvalue weighted by atomic mass is 10.0. The standard InChI is InChI=1S/C25H20BrN3O2/c1-3-7-24-28-22-12-11-18(26)15-20(22)25(30)29(24)27-16-21-19-9-6-5-8-17(19)10-13-23(21)31-14-4-2/h2,5-6,8-13,15-16H,3,7,14H2,1H3. The number of terminal acetylenes is 1. The highest BCUT2D eigenvalue weighted by molar-refractivity contribution is 9.10. The zero-order valence-electron chi connectivity index (χ0n) is 17.0. The summed E-state index contributed by atoms with van der Waals surface area (Å²) in [7, 11) is 0. The summed E-state index contributed by atoms with van der Waals surface area (Å²) in [4.78, 5) is 17.9. The van der Waals surface area contributed by atoms with Crippen LogP contribution >= 0.6 is 15.9 Å². The van der Waals surface area contributed by atoms with Crippen LogP contribution in [0.4, 0.5) is 0 Å². The van der Waals surface area contributed by atoms with Crippen LogP contribution in [-0.2, 0) is 6.42 Å². The van der Waals surface area contributed by atoms with E-state index in [-0.39, 0.29) is 12.2 Å². The van der Waals surface area contributed by atoms with Crippen LogP contribution in [0, 0.1) is 12.3 Å². The van der Waals surface area contributed by atoms with Crippen molar-refractivity contribution in [1.82, 2.24) is 9.66 Å². The molecule has 154 valence electrons. The molecule has 0 aliphatic heterocycles. The SMILES string of the molecule is C#CCOc1ccc2ccccc2c1C=Nn1c(CCC)nc2ccc(Br)cc2c1=O. The first-order chi connectivity index (χ1) is 15.1. The number of fused-ring (bicyclic) bond motifs is 2. The molecule has 0 radical (unpaired) electrons. The maximum atomic E-state index is 13.2. The minimum atomic E-state index is -0.211. The largest absolute Gasteiger partial charge is 0.480 e. The molecule has 0 aliphatic carbocycles. The molecule has 1 aromatic heterocycles. The average molecular weight is 474 g/mol. The molecule has 0 unspecified atom stereocenters. The Morgan fingerprint density at radius 2 is 2.03 bits per heavy atom. The highest BCUT2D eigenvalue weighted by atomic mass is 79.9. The first kappa shape index (κ1) is 20.8. The van der Waals surface area contributed by atoms with Gasteiger partial charge in [0.2, 0.25) is 0 Å². The Hall–Kier alpha value is -3.43. The number of nitrogens with zero attached hydrogens (tertiary/aromatic N) is 3. The van der Waals surface area contributed by atoms with Crippen LogP contribution < -0.4 is 10.3 Å². The third-order valence-corrected chi connectivity index (χ3v) is 5.39. The zero-order chi connectivity index (χ0) is 21.8. The summed E-state index contributed by atoms with van der Waals surface area (Å²) in [5.41, 5.74) is 1.21. The number of benzene rings is 3. The number of halogens is 1. The van der Waals surface area contributed by atoms with Crippen LogP contribution in [0.5, 0.6) is 5.75 Å². The normalized spacial score (nSPS) is 11.3. The minimum absolute atomic E-state index is 0.145. The van der Waals surface area contributed by atoms with Crippen LogP contribution in [0.15, 0.2) is 69.0 Å². The first-order valence-corrected chi connectivity index (χ1v) is 10.7. The molecule has 0 aliphatic rings. The van der Waals surface area contributed by atoms with Crippen LogP contribution in [0.2, 0.25) is 0 Å². The smallest absolute Gasteiger partial charge is 0.282 e. The molecule has 1 heterocycles. The minimum Gasteiger partial charge on any atom is -0.480 e. The van der Waals surface area contributed by atoms with Gasteiger partial charge in [-0.05, 0) is 41.5 Å². The molecule has 6 heteroatoms. The molecule has 0 saturated carbocycles. The molecule has 0 spiro atoms. The lowest BCUT2D eigenvalue weighted by Gasteiger charge is -2.11. The van der Waals surface area contributed by atoms with E-state index in [1.54, 1.807) is 12.3 Å². The van der Waals surface area contributed by atoms with Crippen LogP contribution in [0.3, 0.4) is 0 Å². The van der Waals surface area contributed by atoms with Gasteiger partial charge in [-0.3, -0.25) is 4.79 Å². The summed E-state index contributed by atoms with van der Waals surface area (Å²) in [5, 5.41) is 7.07. The predicted octanol–water partition coefficient (Wildman–Crippen LogP) is 5.16. The Labute approximate surface area is 188 Å². The first-order valence-electron chi connectivity index (χ1n) is 9.96. The van der Waals surface area contributed by atoms with Gasteiger partial charge in [0.15, 0.2) is 0 Å². The van der Waals surface area contributed by atoms with Crippen molar-refractivity contribution >= 4 is 43.8 Å². The van der Waals surface area contributed by atoms with Crippen LogP contribution in [-0.4, -0.2) is 22.5 Å². The van der Waals surface area contributed by atoms with Crippen molar-refractivity contribution in [1.29, 1.82) is 0 Å². The van der Waals surface area contributed by atoms with Crippen molar-refractivity contribution in [2.24, 2.45) is 5.10 Å². The Balaban J connectivity index is 1.91. The molecule has 5 nitrogen and oxygen atoms in total. The highest BCUT2D eigenvalue weighted by Crippen LogP contribution is 2.27. The van der Waals surface area contributed by atoms with E-state index < -0.39 is 0 Å². The quantitative estimate of drug-likeness (QED) is 0.287. The number of aromatic nitrogens is 2. The molecule has 0 amide bonds. The molecule has 0 bridgehead atoms. The van der Waals surface area contributed by atoms with E-state index in [4.69, 9.17) is 11.2 Å². The fraction of sp³-hybridized carbons (Fsp3) is 0.160. The predicted molar refractivity (Wildman–Crippen MR) is 129 cm³/mol. The maximum Gasteiger partial charge on any atom is 0.282 e. The van der Waals surface area contributed by atoms with Gasteiger partial charge in [0.25, 0.3) is 5.56 Å². The Morgan fingerprint density at radius 3 is 2.84 bits per heavy atom. The monoisotopic (exact) mass is 473 g/mol. The van der Waals surface area contributed by atoms with Gasteiger partial charge in [-0.15, -0.1) is 6.42 Å². The summed E-state index contributed by atoms with van der Waals surface area (Å²) < 4.78 is 7.94. The molecule has 3 aromatic carbocycles. The van der Waals surface area contributed by atoms with E-state index in [2.05, 4.69) is 31.9 Å². The van der Waals surface area contributed by atoms with Gasteiger partial charge in [0, 0.05) is 16.5 Å². The van der Waals surface area contributed by atoms with Crippen molar-refractivity contribution in [3.63, 3.8) is 0 Å². The van der Waals surface area contributed by atoms with Crippen molar-refractivity contribution in [2.75, 3.05) is 6.61 Å². The van der Waals surface area contributed by atoms with Crippen molar-refractivity contribution in [2.45, 2.75) is 19.8 Å². The zero-order valence-corrected chi connectivity index (χ0v) is 18.6. The number of hydrogen-bond donors (Lipinski definition) is 0. The molecule has 0 N–H and O–H groups in total. The highest BCUT2D eigenvalue weighted by Gasteiger charge is 2.12. The number of rotatable bonds is 6. The second kappa shape index (κ2) is 9.15. The summed E-state index contributed by atoms with van der Waals surface area (Å²) >= 11 is 3.43. The fourth-order valence-electron chi connectivity index (χ4n) is 3.47. The molecule has 0 saturated heterocycles. The molecule has 4 rings (SSSR count). The average Bonchev–Trinajstić information content (AvgIpc) is 2.78. The fourth-order valence-corrected chi connectivity index (χ4v) is 3.83. The Kier molecular flexibility index (Phi) is 6.15. The van der Waals surface area contributed by atoms with Gasteiger partial charge in [-0.1, -0.05) is 59.1 Å². The van der Waals surface area contributed by atoms with Crippen LogP contribution in [0.25, 0.3) is 21.7 Å². The van der Waals surface area contributed by atoms with E-state index in [9.17, 15) is 4.79 Å². The number of aryl methyl sites for hydroxylation is 1. The molecule has 31 heavy (non-hydrogen) atoms. The Bertz CT molecular complexity index is 1400. The molecular weight excluding hydrogens is 454 g/mol. The maximum absolute atomic E-state index is 13.2. The lowest BCUT2D eigenvalue weighted by molar-refractivity contribution is 0.370. The lowest BCUT2D eigenvalue weighted by Crippen LogP contribution is -2.22. The molecule has 0 atom stereocenters. The second-order valence-corrected chi connectivity index (χ2v) is 7.91. The van der Waals surface area contributed by atoms with Crippen molar-refractivity contribution in [3.8, 4) is 18.1 Å². The number of hydrogen-bond acceptors (Lipinski definition) is 4. The van der Waals surface area contributed by atoms with Gasteiger partial charge in [0.1, 0.15) is 18.2 Å². The molecule has 0 fully saturated rings. The van der Waals surface area contributed by atoms with Crippen molar-refractivity contribution in [3.05, 3.63) is 80.8 Å². The van der Waals surface area contributed by atoms with Crippen LogP contribution in [0.1, 0.15) is 24.7 Å². The van der Waals surface area contributed by atoms with Crippen molar-refractivity contribution < 1.29 is 4.74 Å². The third-order valence-electron chi connectivity index (χ3n) is 4.89. The summed E-state index contributed by atoms with van der Waals surface area (Å²) in [6.07, 6.45) is 8.50. The topological polar surface area (TPSA) is 56.5 Å². The van der Waals surface area contributed by atoms with E-state index in [0.29, 0.717) is 28.9 Å². The number of ether oxygens (including phenoxy) is 1. The van der Waals surface area contributed by atoms with E-state index >= 15 is 0 Å². The van der Waals surface area contributed by atoms with Gasteiger partial charge >= 0.3 is 0 Å². The second-order valence-electron chi connectivity index (χ2n) is 6.99. The van der Waals surface area contributed by atoms with Gasteiger partial charge in [-0.25, -0.2) is 4.98 Å². The summed E-state index contributed by atoms with van der Waals surface area (Å²) in [6.45, 7) is 2.19. The van der Waals surface area contributed by atoms with E-state index in [0.717, 1.165) is 27.2 Å². The third kappa shape index (κ3) is 4.23. The van der Waals surface area contributed by atoms with E-state index in [1.165, 1.54) is 4.68 Å². The molecule has 4 aromatic rings. The van der Waals surface area contributed by atoms with Gasteiger partial charge in [0.05, 0.1) is 17.1 Å². The van der Waals surface area contributed by atoms with Gasteiger partial charge < -0.3 is 4.74 Å². The summed E-state index contributed by atoms with van der Waals surface area (Å²) in [5.74, 6) is 3.72. The molecular formula is C25H20BrN3O2.